The van der Waals surface area contributed by atoms with E-state index in [9.17, 15) is 4.79 Å². The lowest BCUT2D eigenvalue weighted by atomic mass is 9.89. The summed E-state index contributed by atoms with van der Waals surface area (Å²) in [5, 5.41) is 3.19. The van der Waals surface area contributed by atoms with Crippen LogP contribution in [0.4, 0.5) is 0 Å². The number of carbonyl (C=O) groups excluding carboxylic acids is 1. The van der Waals surface area contributed by atoms with E-state index in [2.05, 4.69) is 30.4 Å². The normalized spacial score (nSPS) is 14.3. The highest BCUT2D eigenvalue weighted by atomic mass is 16.5. The highest BCUT2D eigenvalue weighted by Gasteiger charge is 2.16. The minimum atomic E-state index is 0.102. The van der Waals surface area contributed by atoms with Crippen molar-refractivity contribution in [2.45, 2.75) is 57.9 Å². The van der Waals surface area contributed by atoms with Gasteiger partial charge in [-0.1, -0.05) is 43.3 Å². The molecule has 3 nitrogen and oxygen atoms in total. The van der Waals surface area contributed by atoms with Gasteiger partial charge in [0.05, 0.1) is 12.6 Å². The number of para-hydroxylation sites is 1. The number of fused-ring (bicyclic) bond motifs is 1. The van der Waals surface area contributed by atoms with Crippen molar-refractivity contribution in [2.24, 2.45) is 0 Å². The van der Waals surface area contributed by atoms with E-state index in [4.69, 9.17) is 4.74 Å². The lowest BCUT2D eigenvalue weighted by Crippen LogP contribution is -2.28. The molecule has 1 amide bonds. The molecule has 0 saturated carbocycles. The van der Waals surface area contributed by atoms with Gasteiger partial charge in [-0.2, -0.15) is 0 Å². The maximum absolute atomic E-state index is 12.3. The van der Waals surface area contributed by atoms with Crippen molar-refractivity contribution in [3.8, 4) is 5.75 Å². The zero-order valence-electron chi connectivity index (χ0n) is 15.7. The Morgan fingerprint density at radius 3 is 2.62 bits per heavy atom. The number of carbonyl (C=O) groups is 1. The number of amides is 1. The van der Waals surface area contributed by atoms with Gasteiger partial charge in [0, 0.05) is 6.42 Å². The smallest absolute Gasteiger partial charge is 0.220 e. The number of rotatable bonds is 8. The Kier molecular flexibility index (Phi) is 6.70. The molecule has 0 radical (unpaired) electrons. The van der Waals surface area contributed by atoms with Crippen molar-refractivity contribution in [3.63, 3.8) is 0 Å². The minimum absolute atomic E-state index is 0.102. The van der Waals surface area contributed by atoms with Crippen molar-refractivity contribution in [1.29, 1.82) is 0 Å². The van der Waals surface area contributed by atoms with Gasteiger partial charge in [-0.25, -0.2) is 0 Å². The van der Waals surface area contributed by atoms with E-state index in [0.717, 1.165) is 18.6 Å². The van der Waals surface area contributed by atoms with Gasteiger partial charge in [-0.3, -0.25) is 4.79 Å². The molecule has 0 spiro atoms. The molecule has 26 heavy (non-hydrogen) atoms. The van der Waals surface area contributed by atoms with E-state index in [-0.39, 0.29) is 11.9 Å². The molecular weight excluding hydrogens is 322 g/mol. The lowest BCUT2D eigenvalue weighted by Gasteiger charge is -2.21. The second-order valence-corrected chi connectivity index (χ2v) is 7.03. The van der Waals surface area contributed by atoms with Crippen LogP contribution >= 0.6 is 0 Å². The SMILES string of the molecule is CC[C@@H](NC(=O)CCCOc1ccccc1)c1ccc2c(c1)CCCC2. The van der Waals surface area contributed by atoms with Crippen LogP contribution in [0.3, 0.4) is 0 Å². The van der Waals surface area contributed by atoms with Crippen LogP contribution in [0.1, 0.15) is 61.8 Å². The first-order valence-corrected chi connectivity index (χ1v) is 9.85. The molecule has 1 atom stereocenters. The maximum Gasteiger partial charge on any atom is 0.220 e. The van der Waals surface area contributed by atoms with Crippen molar-refractivity contribution < 1.29 is 9.53 Å². The standard InChI is InChI=1S/C23H29NO2/c1-2-22(20-15-14-18-9-6-7-10-19(18)17-20)24-23(25)13-8-16-26-21-11-4-3-5-12-21/h3-5,11-12,14-15,17,22H,2,6-10,13,16H2,1H3,(H,24,25)/t22-/m1/s1. The van der Waals surface area contributed by atoms with E-state index >= 15 is 0 Å². The number of aryl methyl sites for hydroxylation is 2. The molecule has 1 N–H and O–H groups in total. The molecule has 138 valence electrons. The summed E-state index contributed by atoms with van der Waals surface area (Å²) in [4.78, 5) is 12.3. The summed E-state index contributed by atoms with van der Waals surface area (Å²) < 4.78 is 5.65. The molecule has 0 aliphatic heterocycles. The Hall–Kier alpha value is -2.29. The highest BCUT2D eigenvalue weighted by Crippen LogP contribution is 2.26. The van der Waals surface area contributed by atoms with Crippen LogP contribution in [0.2, 0.25) is 0 Å². The first-order valence-electron chi connectivity index (χ1n) is 9.85. The minimum Gasteiger partial charge on any atom is -0.494 e. The van der Waals surface area contributed by atoms with Crippen molar-refractivity contribution >= 4 is 5.91 Å². The summed E-state index contributed by atoms with van der Waals surface area (Å²) >= 11 is 0. The van der Waals surface area contributed by atoms with Crippen LogP contribution < -0.4 is 10.1 Å². The summed E-state index contributed by atoms with van der Waals surface area (Å²) in [7, 11) is 0. The number of nitrogens with one attached hydrogen (secondary N) is 1. The van der Waals surface area contributed by atoms with E-state index in [1.54, 1.807) is 0 Å². The van der Waals surface area contributed by atoms with E-state index in [1.807, 2.05) is 30.3 Å². The summed E-state index contributed by atoms with van der Waals surface area (Å²) in [6, 6.07) is 16.6. The Labute approximate surface area is 156 Å². The Balaban J connectivity index is 1.47. The molecule has 2 aromatic rings. The molecule has 0 fully saturated rings. The van der Waals surface area contributed by atoms with Crippen LogP contribution in [0.15, 0.2) is 48.5 Å². The molecule has 0 aromatic heterocycles. The summed E-state index contributed by atoms with van der Waals surface area (Å²) in [5.41, 5.74) is 4.19. The van der Waals surface area contributed by atoms with Crippen molar-refractivity contribution in [2.75, 3.05) is 6.61 Å². The third-order valence-corrected chi connectivity index (χ3v) is 5.08. The third kappa shape index (κ3) is 5.10. The molecule has 2 aromatic carbocycles. The predicted octanol–water partition coefficient (Wildman–Crippen LogP) is 4.99. The molecule has 1 aliphatic carbocycles. The van der Waals surface area contributed by atoms with E-state index in [0.29, 0.717) is 13.0 Å². The molecule has 0 heterocycles. The van der Waals surface area contributed by atoms with Crippen molar-refractivity contribution in [3.05, 3.63) is 65.2 Å². The molecular formula is C23H29NO2. The molecule has 1 aliphatic rings. The van der Waals surface area contributed by atoms with E-state index in [1.165, 1.54) is 42.4 Å². The summed E-state index contributed by atoms with van der Waals surface area (Å²) in [6.45, 7) is 2.69. The molecule has 3 rings (SSSR count). The molecule has 0 unspecified atom stereocenters. The second-order valence-electron chi connectivity index (χ2n) is 7.03. The lowest BCUT2D eigenvalue weighted by molar-refractivity contribution is -0.122. The van der Waals surface area contributed by atoms with E-state index < -0.39 is 0 Å². The number of hydrogen-bond acceptors (Lipinski definition) is 2. The average Bonchev–Trinajstić information content (AvgIpc) is 2.70. The van der Waals surface area contributed by atoms with Crippen LogP contribution in [0, 0.1) is 0 Å². The Morgan fingerprint density at radius 1 is 1.08 bits per heavy atom. The molecule has 0 bridgehead atoms. The zero-order valence-corrected chi connectivity index (χ0v) is 15.7. The first kappa shape index (κ1) is 18.5. The Morgan fingerprint density at radius 2 is 1.85 bits per heavy atom. The first-order chi connectivity index (χ1) is 12.8. The van der Waals surface area contributed by atoms with Gasteiger partial charge in [-0.15, -0.1) is 0 Å². The number of hydrogen-bond donors (Lipinski definition) is 1. The summed E-state index contributed by atoms with van der Waals surface area (Å²) in [6.07, 6.45) is 7.07. The summed E-state index contributed by atoms with van der Waals surface area (Å²) in [5.74, 6) is 0.958. The van der Waals surface area contributed by atoms with Gasteiger partial charge in [-0.05, 0) is 67.3 Å². The largest absolute Gasteiger partial charge is 0.494 e. The second kappa shape index (κ2) is 9.42. The van der Waals surface area contributed by atoms with Crippen LogP contribution in [-0.4, -0.2) is 12.5 Å². The third-order valence-electron chi connectivity index (χ3n) is 5.08. The van der Waals surface area contributed by atoms with Crippen LogP contribution in [-0.2, 0) is 17.6 Å². The zero-order chi connectivity index (χ0) is 18.2. The molecule has 0 saturated heterocycles. The van der Waals surface area contributed by atoms with Gasteiger partial charge >= 0.3 is 0 Å². The predicted molar refractivity (Wildman–Crippen MR) is 105 cm³/mol. The van der Waals surface area contributed by atoms with Crippen LogP contribution in [0.25, 0.3) is 0 Å². The Bertz CT molecular complexity index is 711. The fraction of sp³-hybridized carbons (Fsp3) is 0.435. The van der Waals surface area contributed by atoms with Gasteiger partial charge in [0.25, 0.3) is 0 Å². The topological polar surface area (TPSA) is 38.3 Å². The monoisotopic (exact) mass is 351 g/mol. The van der Waals surface area contributed by atoms with Gasteiger partial charge in [0.2, 0.25) is 5.91 Å². The quantitative estimate of drug-likeness (QED) is 0.680. The number of benzene rings is 2. The van der Waals surface area contributed by atoms with Gasteiger partial charge in [0.15, 0.2) is 0 Å². The number of ether oxygens (including phenoxy) is 1. The fourth-order valence-electron chi connectivity index (χ4n) is 3.60. The fourth-order valence-corrected chi connectivity index (χ4v) is 3.60. The highest BCUT2D eigenvalue weighted by molar-refractivity contribution is 5.76. The van der Waals surface area contributed by atoms with Crippen LogP contribution in [0.5, 0.6) is 5.75 Å². The average molecular weight is 351 g/mol. The van der Waals surface area contributed by atoms with Crippen molar-refractivity contribution in [1.82, 2.24) is 5.32 Å². The van der Waals surface area contributed by atoms with Gasteiger partial charge in [0.1, 0.15) is 5.75 Å². The molecule has 3 heteroatoms. The van der Waals surface area contributed by atoms with Gasteiger partial charge < -0.3 is 10.1 Å². The maximum atomic E-state index is 12.3.